The number of benzene rings is 2. The van der Waals surface area contributed by atoms with E-state index in [0.717, 1.165) is 11.1 Å². The van der Waals surface area contributed by atoms with Gasteiger partial charge in [0.15, 0.2) is 6.61 Å². The van der Waals surface area contributed by atoms with Crippen molar-refractivity contribution in [3.05, 3.63) is 54.1 Å². The largest absolute Gasteiger partial charge is 0.452 e. The Balaban J connectivity index is 1.99. The van der Waals surface area contributed by atoms with Gasteiger partial charge in [0.1, 0.15) is 5.75 Å². The van der Waals surface area contributed by atoms with Gasteiger partial charge in [-0.1, -0.05) is 24.3 Å². The molecule has 0 fully saturated rings. The lowest BCUT2D eigenvalue weighted by atomic mass is 10.0. The Bertz CT molecular complexity index is 828. The molecule has 0 aliphatic carbocycles. The van der Waals surface area contributed by atoms with Crippen molar-refractivity contribution >= 4 is 23.9 Å². The number of esters is 2. The molecule has 0 unspecified atom stereocenters. The highest BCUT2D eigenvalue weighted by Crippen LogP contribution is 2.23. The second-order valence-corrected chi connectivity index (χ2v) is 5.18. The van der Waals surface area contributed by atoms with E-state index in [1.807, 2.05) is 0 Å². The summed E-state index contributed by atoms with van der Waals surface area (Å²) in [5, 5.41) is 1.79. The predicted molar refractivity (Wildman–Crippen MR) is 91.2 cm³/mol. The van der Waals surface area contributed by atoms with E-state index < -0.39 is 30.5 Å². The summed E-state index contributed by atoms with van der Waals surface area (Å²) in [6, 6.07) is 12.4. The molecule has 134 valence electrons. The number of hydrogen-bond donors (Lipinski definition) is 2. The molecule has 0 heterocycles. The summed E-state index contributed by atoms with van der Waals surface area (Å²) < 4.78 is 9.75. The zero-order valence-corrected chi connectivity index (χ0v) is 13.9. The van der Waals surface area contributed by atoms with Crippen molar-refractivity contribution in [1.82, 2.24) is 5.32 Å². The molecule has 0 aliphatic rings. The van der Waals surface area contributed by atoms with Gasteiger partial charge in [-0.05, 0) is 35.4 Å². The third-order valence-electron chi connectivity index (χ3n) is 3.17. The van der Waals surface area contributed by atoms with Gasteiger partial charge in [0.05, 0.1) is 5.56 Å². The van der Waals surface area contributed by atoms with Crippen LogP contribution in [0.1, 0.15) is 17.3 Å². The van der Waals surface area contributed by atoms with E-state index in [2.05, 4.69) is 0 Å². The lowest BCUT2D eigenvalue weighted by Gasteiger charge is -2.07. The van der Waals surface area contributed by atoms with E-state index in [1.54, 1.807) is 53.8 Å². The normalized spacial score (nSPS) is 9.88. The van der Waals surface area contributed by atoms with Crippen molar-refractivity contribution in [3.63, 3.8) is 0 Å². The minimum atomic E-state index is -1.02. The number of carbonyl (C=O) groups excluding carboxylic acids is 4. The van der Waals surface area contributed by atoms with Crippen LogP contribution in [0.4, 0.5) is 4.79 Å². The lowest BCUT2D eigenvalue weighted by Crippen LogP contribution is -2.37. The van der Waals surface area contributed by atoms with Gasteiger partial charge in [0.2, 0.25) is 0 Å². The third kappa shape index (κ3) is 5.45. The fourth-order valence-corrected chi connectivity index (χ4v) is 2.07. The Morgan fingerprint density at radius 1 is 0.923 bits per heavy atom. The van der Waals surface area contributed by atoms with Gasteiger partial charge in [-0.2, -0.15) is 0 Å². The van der Waals surface area contributed by atoms with Gasteiger partial charge in [0.25, 0.3) is 5.91 Å². The van der Waals surface area contributed by atoms with Crippen LogP contribution in [-0.2, 0) is 14.3 Å². The van der Waals surface area contributed by atoms with E-state index in [-0.39, 0.29) is 5.56 Å². The number of rotatable bonds is 5. The molecule has 0 aromatic heterocycles. The van der Waals surface area contributed by atoms with E-state index in [4.69, 9.17) is 15.2 Å². The molecule has 0 atom stereocenters. The summed E-state index contributed by atoms with van der Waals surface area (Å²) in [6.07, 6.45) is 0. The van der Waals surface area contributed by atoms with Crippen molar-refractivity contribution in [1.29, 1.82) is 0 Å². The topological polar surface area (TPSA) is 125 Å². The molecule has 0 saturated heterocycles. The summed E-state index contributed by atoms with van der Waals surface area (Å²) in [5.41, 5.74) is 6.73. The second kappa shape index (κ2) is 8.43. The monoisotopic (exact) mass is 356 g/mol. The van der Waals surface area contributed by atoms with Gasteiger partial charge in [0, 0.05) is 6.92 Å². The van der Waals surface area contributed by atoms with Crippen LogP contribution in [0.5, 0.6) is 5.75 Å². The maximum Gasteiger partial charge on any atom is 0.338 e. The fraction of sp³-hybridized carbons (Fsp3) is 0.111. The van der Waals surface area contributed by atoms with Crippen molar-refractivity contribution in [3.8, 4) is 16.9 Å². The molecule has 8 heteroatoms. The molecular weight excluding hydrogens is 340 g/mol. The number of primary amides is 1. The summed E-state index contributed by atoms with van der Waals surface area (Å²) >= 11 is 0. The molecular formula is C18H16N2O6. The fourth-order valence-electron chi connectivity index (χ4n) is 2.07. The van der Waals surface area contributed by atoms with Gasteiger partial charge in [-0.15, -0.1) is 0 Å². The summed E-state index contributed by atoms with van der Waals surface area (Å²) in [7, 11) is 0. The van der Waals surface area contributed by atoms with Crippen LogP contribution in [-0.4, -0.2) is 30.5 Å². The first-order chi connectivity index (χ1) is 12.3. The molecule has 3 N–H and O–H groups in total. The minimum Gasteiger partial charge on any atom is -0.452 e. The number of ether oxygens (including phenoxy) is 2. The average Bonchev–Trinajstić information content (AvgIpc) is 2.59. The molecule has 0 spiro atoms. The molecule has 26 heavy (non-hydrogen) atoms. The smallest absolute Gasteiger partial charge is 0.338 e. The van der Waals surface area contributed by atoms with Crippen molar-refractivity contribution in [2.45, 2.75) is 6.92 Å². The molecule has 0 saturated carbocycles. The zero-order chi connectivity index (χ0) is 19.1. The number of imide groups is 1. The van der Waals surface area contributed by atoms with E-state index in [0.29, 0.717) is 5.75 Å². The number of urea groups is 1. The summed E-state index contributed by atoms with van der Waals surface area (Å²) in [5.74, 6) is -1.47. The molecule has 0 radical (unpaired) electrons. The molecule has 2 aromatic carbocycles. The van der Waals surface area contributed by atoms with Crippen molar-refractivity contribution in [2.75, 3.05) is 6.61 Å². The predicted octanol–water partition coefficient (Wildman–Crippen LogP) is 1.63. The van der Waals surface area contributed by atoms with E-state index >= 15 is 0 Å². The van der Waals surface area contributed by atoms with Gasteiger partial charge < -0.3 is 15.2 Å². The number of hydrogen-bond acceptors (Lipinski definition) is 6. The van der Waals surface area contributed by atoms with E-state index in [9.17, 15) is 19.2 Å². The Morgan fingerprint density at radius 3 is 1.96 bits per heavy atom. The second-order valence-electron chi connectivity index (χ2n) is 5.18. The first-order valence-electron chi connectivity index (χ1n) is 7.50. The molecule has 2 rings (SSSR count). The molecule has 0 aliphatic heterocycles. The molecule has 3 amide bonds. The number of carbonyl (C=O) groups is 4. The maximum absolute atomic E-state index is 11.9. The molecule has 2 aromatic rings. The SMILES string of the molecule is CC(=O)Oc1ccc(-c2ccc(C(=O)OCC(=O)NC(N)=O)cc2)cc1. The highest BCUT2D eigenvalue weighted by molar-refractivity contribution is 5.96. The van der Waals surface area contributed by atoms with Crippen LogP contribution in [0.3, 0.4) is 0 Å². The quantitative estimate of drug-likeness (QED) is 0.620. The molecule has 0 bridgehead atoms. The Labute approximate surface area is 148 Å². The third-order valence-corrected chi connectivity index (χ3v) is 3.17. The van der Waals surface area contributed by atoms with Crippen LogP contribution >= 0.6 is 0 Å². The first-order valence-corrected chi connectivity index (χ1v) is 7.50. The maximum atomic E-state index is 11.9. The molecule has 8 nitrogen and oxygen atoms in total. The summed E-state index contributed by atoms with van der Waals surface area (Å²) in [6.45, 7) is 0.713. The minimum absolute atomic E-state index is 0.247. The van der Waals surface area contributed by atoms with Crippen LogP contribution in [0, 0.1) is 0 Å². The number of amides is 3. The van der Waals surface area contributed by atoms with Gasteiger partial charge in [-0.25, -0.2) is 9.59 Å². The van der Waals surface area contributed by atoms with Gasteiger partial charge in [-0.3, -0.25) is 14.9 Å². The lowest BCUT2D eigenvalue weighted by molar-refractivity contribution is -0.131. The Hall–Kier alpha value is -3.68. The number of nitrogens with two attached hydrogens (primary N) is 1. The Morgan fingerprint density at radius 2 is 1.46 bits per heavy atom. The van der Waals surface area contributed by atoms with Crippen LogP contribution < -0.4 is 15.8 Å². The highest BCUT2D eigenvalue weighted by atomic mass is 16.5. The summed E-state index contributed by atoms with van der Waals surface area (Å²) in [4.78, 5) is 44.5. The van der Waals surface area contributed by atoms with E-state index in [1.165, 1.54) is 6.92 Å². The standard InChI is InChI=1S/C18H16N2O6/c1-11(21)26-15-8-6-13(7-9-15)12-2-4-14(5-3-12)17(23)25-10-16(22)20-18(19)24/h2-9H,10H2,1H3,(H3,19,20,22,24). The Kier molecular flexibility index (Phi) is 6.05. The average molecular weight is 356 g/mol. The first kappa shape index (κ1) is 18.7. The number of nitrogens with one attached hydrogen (secondary N) is 1. The van der Waals surface area contributed by atoms with Crippen molar-refractivity contribution < 1.29 is 28.7 Å². The highest BCUT2D eigenvalue weighted by Gasteiger charge is 2.11. The van der Waals surface area contributed by atoms with Crippen LogP contribution in [0.15, 0.2) is 48.5 Å². The zero-order valence-electron chi connectivity index (χ0n) is 13.9. The van der Waals surface area contributed by atoms with Crippen LogP contribution in [0.2, 0.25) is 0 Å². The van der Waals surface area contributed by atoms with Crippen molar-refractivity contribution in [2.24, 2.45) is 5.73 Å². The van der Waals surface area contributed by atoms with Gasteiger partial charge >= 0.3 is 18.0 Å². The van der Waals surface area contributed by atoms with Crippen LogP contribution in [0.25, 0.3) is 11.1 Å².